The first-order valence-corrected chi connectivity index (χ1v) is 12.5. The number of hydrogen-bond donors (Lipinski definition) is 1. The van der Waals surface area contributed by atoms with Gasteiger partial charge in [0.05, 0.1) is 16.8 Å². The van der Waals surface area contributed by atoms with Crippen molar-refractivity contribution in [1.29, 1.82) is 0 Å². The summed E-state index contributed by atoms with van der Waals surface area (Å²) < 4.78 is 79.8. The van der Waals surface area contributed by atoms with Gasteiger partial charge in [0.2, 0.25) is 0 Å². The highest BCUT2D eigenvalue weighted by molar-refractivity contribution is 5.90. The maximum absolute atomic E-state index is 13.6. The number of benzene rings is 4. The van der Waals surface area contributed by atoms with Gasteiger partial charge in [-0.3, -0.25) is 0 Å². The first kappa shape index (κ1) is 28.7. The highest BCUT2D eigenvalue weighted by Crippen LogP contribution is 2.35. The number of amides is 2. The van der Waals surface area contributed by atoms with Crippen LogP contribution in [0.3, 0.4) is 0 Å². The highest BCUT2D eigenvalue weighted by Gasteiger charge is 2.34. The Hall–Kier alpha value is -4.27. The van der Waals surface area contributed by atoms with Crippen LogP contribution in [0.15, 0.2) is 109 Å². The maximum Gasteiger partial charge on any atom is 0.418 e. The first-order chi connectivity index (χ1) is 19.0. The van der Waals surface area contributed by atoms with Gasteiger partial charge >= 0.3 is 18.4 Å². The highest BCUT2D eigenvalue weighted by atomic mass is 19.4. The number of nitrogens with zero attached hydrogens (tertiary/aromatic N) is 1. The third-order valence-corrected chi connectivity index (χ3v) is 6.51. The predicted octanol–water partition coefficient (Wildman–Crippen LogP) is 8.98. The Balaban J connectivity index is 1.62. The van der Waals surface area contributed by atoms with Gasteiger partial charge in [-0.25, -0.2) is 4.79 Å². The van der Waals surface area contributed by atoms with Crippen molar-refractivity contribution in [2.75, 3.05) is 11.9 Å². The number of rotatable bonds is 8. The molecule has 0 bridgehead atoms. The molecule has 9 heteroatoms. The molecule has 0 aliphatic heterocycles. The second kappa shape index (κ2) is 12.3. The van der Waals surface area contributed by atoms with Crippen LogP contribution >= 0.6 is 0 Å². The van der Waals surface area contributed by atoms with Gasteiger partial charge in [0.1, 0.15) is 0 Å². The van der Waals surface area contributed by atoms with Crippen LogP contribution in [0.2, 0.25) is 0 Å². The van der Waals surface area contributed by atoms with Crippen LogP contribution < -0.4 is 5.32 Å². The average Bonchev–Trinajstić information content (AvgIpc) is 2.93. The predicted molar refractivity (Wildman–Crippen MR) is 142 cm³/mol. The molecule has 0 unspecified atom stereocenters. The van der Waals surface area contributed by atoms with Crippen molar-refractivity contribution in [3.05, 3.63) is 137 Å². The molecule has 40 heavy (non-hydrogen) atoms. The lowest BCUT2D eigenvalue weighted by Crippen LogP contribution is -2.36. The summed E-state index contributed by atoms with van der Waals surface area (Å²) in [5, 5.41) is 2.36. The third-order valence-electron chi connectivity index (χ3n) is 6.51. The van der Waals surface area contributed by atoms with E-state index in [1.807, 2.05) is 60.7 Å². The number of anilines is 1. The van der Waals surface area contributed by atoms with Crippen molar-refractivity contribution in [2.45, 2.75) is 31.2 Å². The molecule has 0 aliphatic carbocycles. The molecule has 4 aromatic rings. The largest absolute Gasteiger partial charge is 0.418 e. The van der Waals surface area contributed by atoms with Crippen molar-refractivity contribution < 1.29 is 31.1 Å². The number of nitrogens with one attached hydrogen (secondary N) is 1. The number of carbonyl (C=O) groups excluding carboxylic acids is 1. The minimum atomic E-state index is -4.69. The van der Waals surface area contributed by atoms with E-state index in [1.54, 1.807) is 0 Å². The summed E-state index contributed by atoms with van der Waals surface area (Å²) in [4.78, 5) is 14.7. The second-order valence-electron chi connectivity index (χ2n) is 9.25. The van der Waals surface area contributed by atoms with Crippen LogP contribution in [0.4, 0.5) is 36.8 Å². The molecule has 0 radical (unpaired) electrons. The Kier molecular flexibility index (Phi) is 8.82. The zero-order chi connectivity index (χ0) is 28.8. The van der Waals surface area contributed by atoms with E-state index in [2.05, 4.69) is 5.32 Å². The van der Waals surface area contributed by atoms with Gasteiger partial charge < -0.3 is 10.2 Å². The van der Waals surface area contributed by atoms with Crippen LogP contribution in [-0.2, 0) is 18.9 Å². The molecule has 3 nitrogen and oxygen atoms in total. The lowest BCUT2D eigenvalue weighted by molar-refractivity contribution is -0.138. The van der Waals surface area contributed by atoms with Gasteiger partial charge in [0, 0.05) is 19.0 Å². The zero-order valence-corrected chi connectivity index (χ0v) is 21.2. The molecular formula is C31H26F6N2O. The fourth-order valence-electron chi connectivity index (χ4n) is 4.49. The Morgan fingerprint density at radius 2 is 1.20 bits per heavy atom. The number of hydrogen-bond acceptors (Lipinski definition) is 1. The molecule has 0 saturated heterocycles. The Labute approximate surface area is 228 Å². The molecule has 0 atom stereocenters. The standard InChI is InChI=1S/C31H26F6N2O/c32-30(33,34)25-17-15-22(16-18-25)21-39(29(40)38-28-14-8-7-13-27(28)31(35,36)37)20-19-26(23-9-3-1-4-10-23)24-11-5-2-6-12-24/h1-18,26H,19-21H2,(H,38,40). The summed E-state index contributed by atoms with van der Waals surface area (Å²) in [7, 11) is 0. The van der Waals surface area contributed by atoms with E-state index in [9.17, 15) is 31.1 Å². The van der Waals surface area contributed by atoms with Crippen molar-refractivity contribution in [1.82, 2.24) is 4.90 Å². The van der Waals surface area contributed by atoms with Gasteiger partial charge in [-0.2, -0.15) is 26.3 Å². The third kappa shape index (κ3) is 7.43. The van der Waals surface area contributed by atoms with Gasteiger partial charge in [0.15, 0.2) is 0 Å². The van der Waals surface area contributed by atoms with E-state index in [1.165, 1.54) is 29.2 Å². The number of halogens is 6. The Morgan fingerprint density at radius 1 is 0.675 bits per heavy atom. The fraction of sp³-hybridized carbons (Fsp3) is 0.194. The molecule has 4 rings (SSSR count). The molecule has 0 heterocycles. The SMILES string of the molecule is O=C(Nc1ccccc1C(F)(F)F)N(CCC(c1ccccc1)c1ccccc1)Cc1ccc(C(F)(F)F)cc1. The second-order valence-corrected chi connectivity index (χ2v) is 9.25. The summed E-state index contributed by atoms with van der Waals surface area (Å²) in [6.45, 7) is 0.0178. The van der Waals surface area contributed by atoms with Crippen LogP contribution in [0.1, 0.15) is 40.2 Å². The summed E-state index contributed by atoms with van der Waals surface area (Å²) in [6, 6.07) is 27.4. The van der Waals surface area contributed by atoms with Crippen LogP contribution in [0.25, 0.3) is 0 Å². The molecule has 0 fully saturated rings. The minimum Gasteiger partial charge on any atom is -0.320 e. The monoisotopic (exact) mass is 556 g/mol. The maximum atomic E-state index is 13.6. The fourth-order valence-corrected chi connectivity index (χ4v) is 4.49. The summed E-state index contributed by atoms with van der Waals surface area (Å²) in [6.07, 6.45) is -8.79. The van der Waals surface area contributed by atoms with Gasteiger partial charge in [-0.05, 0) is 47.4 Å². The van der Waals surface area contributed by atoms with E-state index in [4.69, 9.17) is 0 Å². The van der Waals surface area contributed by atoms with Crippen molar-refractivity contribution in [3.8, 4) is 0 Å². The lowest BCUT2D eigenvalue weighted by atomic mass is 9.88. The van der Waals surface area contributed by atoms with Crippen molar-refractivity contribution in [3.63, 3.8) is 0 Å². The van der Waals surface area contributed by atoms with E-state index < -0.39 is 35.2 Å². The lowest BCUT2D eigenvalue weighted by Gasteiger charge is -2.27. The van der Waals surface area contributed by atoms with E-state index in [0.717, 1.165) is 35.4 Å². The smallest absolute Gasteiger partial charge is 0.320 e. The van der Waals surface area contributed by atoms with Crippen LogP contribution in [-0.4, -0.2) is 17.5 Å². The number of alkyl halides is 6. The molecule has 208 valence electrons. The Bertz CT molecular complexity index is 1350. The molecular weight excluding hydrogens is 530 g/mol. The number of para-hydroxylation sites is 1. The van der Waals surface area contributed by atoms with E-state index in [0.29, 0.717) is 12.0 Å². The van der Waals surface area contributed by atoms with Crippen molar-refractivity contribution in [2.24, 2.45) is 0 Å². The first-order valence-electron chi connectivity index (χ1n) is 12.5. The molecule has 0 aromatic heterocycles. The Morgan fingerprint density at radius 3 is 1.73 bits per heavy atom. The van der Waals surface area contributed by atoms with Gasteiger partial charge in [0.25, 0.3) is 0 Å². The number of urea groups is 1. The van der Waals surface area contributed by atoms with Crippen LogP contribution in [0.5, 0.6) is 0 Å². The normalized spacial score (nSPS) is 11.9. The topological polar surface area (TPSA) is 32.3 Å². The van der Waals surface area contributed by atoms with Crippen molar-refractivity contribution >= 4 is 11.7 Å². The molecule has 1 N–H and O–H groups in total. The van der Waals surface area contributed by atoms with Gasteiger partial charge in [-0.1, -0.05) is 84.9 Å². The summed E-state index contributed by atoms with van der Waals surface area (Å²) >= 11 is 0. The number of carbonyl (C=O) groups is 1. The molecule has 0 aliphatic rings. The average molecular weight is 557 g/mol. The summed E-state index contributed by atoms with van der Waals surface area (Å²) in [5.74, 6) is -0.132. The molecule has 0 spiro atoms. The minimum absolute atomic E-state index is 0.103. The summed E-state index contributed by atoms with van der Waals surface area (Å²) in [5.41, 5.74) is 0.157. The van der Waals surface area contributed by atoms with E-state index >= 15 is 0 Å². The van der Waals surface area contributed by atoms with Crippen LogP contribution in [0, 0.1) is 0 Å². The zero-order valence-electron chi connectivity index (χ0n) is 21.2. The van der Waals surface area contributed by atoms with E-state index in [-0.39, 0.29) is 19.0 Å². The molecule has 0 saturated carbocycles. The molecule has 4 aromatic carbocycles. The van der Waals surface area contributed by atoms with Gasteiger partial charge in [-0.15, -0.1) is 0 Å². The molecule has 2 amide bonds. The quantitative estimate of drug-likeness (QED) is 0.216.